The summed E-state index contributed by atoms with van der Waals surface area (Å²) in [5.74, 6) is 0. The van der Waals surface area contributed by atoms with Gasteiger partial charge in [-0.05, 0) is 98.0 Å². The Balaban J connectivity index is 1.16. The van der Waals surface area contributed by atoms with Crippen molar-refractivity contribution in [2.75, 3.05) is 4.90 Å². The van der Waals surface area contributed by atoms with Crippen LogP contribution in [0, 0.1) is 0 Å². The van der Waals surface area contributed by atoms with Gasteiger partial charge < -0.3 is 4.90 Å². The van der Waals surface area contributed by atoms with Gasteiger partial charge in [-0.1, -0.05) is 143 Å². The van der Waals surface area contributed by atoms with Gasteiger partial charge in [0.25, 0.3) is 0 Å². The zero-order chi connectivity index (χ0) is 35.6. The molecule has 53 heavy (non-hydrogen) atoms. The van der Waals surface area contributed by atoms with E-state index in [0.29, 0.717) is 0 Å². The second-order valence-electron chi connectivity index (χ2n) is 16.3. The molecule has 11 rings (SSSR count). The molecule has 0 unspecified atom stereocenters. The third-order valence-electron chi connectivity index (χ3n) is 12.7. The van der Waals surface area contributed by atoms with Crippen molar-refractivity contribution in [1.82, 2.24) is 0 Å². The minimum Gasteiger partial charge on any atom is -0.309 e. The van der Waals surface area contributed by atoms with Crippen molar-refractivity contribution in [3.63, 3.8) is 0 Å². The summed E-state index contributed by atoms with van der Waals surface area (Å²) in [5.41, 5.74) is 24.5. The van der Waals surface area contributed by atoms with Crippen LogP contribution in [0.3, 0.4) is 0 Å². The van der Waals surface area contributed by atoms with Crippen LogP contribution in [0.2, 0.25) is 0 Å². The zero-order valence-electron chi connectivity index (χ0n) is 30.7. The van der Waals surface area contributed by atoms with Crippen molar-refractivity contribution in [2.24, 2.45) is 4.99 Å². The van der Waals surface area contributed by atoms with Crippen LogP contribution in [0.15, 0.2) is 151 Å². The molecule has 0 aromatic heterocycles. The highest BCUT2D eigenvalue weighted by molar-refractivity contribution is 6.08. The van der Waals surface area contributed by atoms with Crippen LogP contribution in [0.4, 0.5) is 22.7 Å². The van der Waals surface area contributed by atoms with E-state index in [9.17, 15) is 0 Å². The zero-order valence-corrected chi connectivity index (χ0v) is 30.7. The molecule has 0 saturated carbocycles. The van der Waals surface area contributed by atoms with Gasteiger partial charge in [0.05, 0.1) is 28.5 Å². The minimum atomic E-state index is -0.106. The van der Waals surface area contributed by atoms with Crippen LogP contribution in [0.25, 0.3) is 33.4 Å². The van der Waals surface area contributed by atoms with Crippen LogP contribution in [-0.4, -0.2) is 5.71 Å². The molecule has 7 aromatic rings. The Morgan fingerprint density at radius 3 is 1.60 bits per heavy atom. The first-order valence-corrected chi connectivity index (χ1v) is 19.0. The minimum absolute atomic E-state index is 0.106. The fourth-order valence-electron chi connectivity index (χ4n) is 10.1. The molecule has 1 aliphatic heterocycles. The highest BCUT2D eigenvalue weighted by atomic mass is 15.2. The topological polar surface area (TPSA) is 15.6 Å². The molecule has 3 aliphatic carbocycles. The summed E-state index contributed by atoms with van der Waals surface area (Å²) in [7, 11) is 0. The van der Waals surface area contributed by atoms with Crippen molar-refractivity contribution >= 4 is 28.5 Å². The lowest BCUT2D eigenvalue weighted by Gasteiger charge is -2.32. The van der Waals surface area contributed by atoms with Crippen molar-refractivity contribution in [2.45, 2.75) is 51.4 Å². The van der Waals surface area contributed by atoms with Crippen LogP contribution in [0.5, 0.6) is 0 Å². The predicted molar refractivity (Wildman–Crippen MR) is 221 cm³/mol. The van der Waals surface area contributed by atoms with Crippen molar-refractivity contribution in [1.29, 1.82) is 0 Å². The maximum Gasteiger partial charge on any atom is 0.0669 e. The summed E-state index contributed by atoms with van der Waals surface area (Å²) >= 11 is 0. The summed E-state index contributed by atoms with van der Waals surface area (Å²) < 4.78 is 0. The standard InChI is InChI=1S/C51H40N2/c1-50(2)38-18-8-6-16-36(38)48-40(50)20-12-24-45(48)53(46-25-13-21-41-49(46)37-17-7-9-19-39(37)51(41,3)4)44-23-11-15-33-29-34-28-32(26-27-35(34)47(33)44)43-30-31-14-5-10-22-42(31)52-43/h5-28H,29-30H2,1-4H3. The SMILES string of the molecule is CC1(C)c2ccccc2-c2c(N(c3cccc4c3-c3ccc(C5=Nc6ccccc6C5)cc3C4)c3cccc4c3-c3ccccc3C4(C)C)cccc21. The summed E-state index contributed by atoms with van der Waals surface area (Å²) in [4.78, 5) is 7.68. The Labute approximate surface area is 312 Å². The normalized spacial score (nSPS) is 15.8. The lowest BCUT2D eigenvalue weighted by Crippen LogP contribution is -2.17. The lowest BCUT2D eigenvalue weighted by atomic mass is 9.82. The highest BCUT2D eigenvalue weighted by Crippen LogP contribution is 2.59. The fourth-order valence-corrected chi connectivity index (χ4v) is 10.1. The van der Waals surface area contributed by atoms with Crippen LogP contribution >= 0.6 is 0 Å². The Kier molecular flexibility index (Phi) is 6.22. The molecule has 0 N–H and O–H groups in total. The summed E-state index contributed by atoms with van der Waals surface area (Å²) in [5, 5.41) is 0. The van der Waals surface area contributed by atoms with Crippen LogP contribution < -0.4 is 4.90 Å². The predicted octanol–water partition coefficient (Wildman–Crippen LogP) is 13.0. The quantitative estimate of drug-likeness (QED) is 0.181. The maximum atomic E-state index is 5.06. The Hall–Kier alpha value is -5.99. The second kappa shape index (κ2) is 10.8. The molecule has 254 valence electrons. The van der Waals surface area contributed by atoms with E-state index in [-0.39, 0.29) is 10.8 Å². The van der Waals surface area contributed by atoms with E-state index in [4.69, 9.17) is 4.99 Å². The molecular weight excluding hydrogens is 641 g/mol. The Bertz CT molecular complexity index is 2630. The van der Waals surface area contributed by atoms with Gasteiger partial charge in [-0.3, -0.25) is 4.99 Å². The Morgan fingerprint density at radius 2 is 0.962 bits per heavy atom. The number of fused-ring (bicyclic) bond motifs is 10. The molecule has 0 fully saturated rings. The molecule has 1 heterocycles. The first kappa shape index (κ1) is 30.6. The molecule has 0 amide bonds. The van der Waals surface area contributed by atoms with E-state index in [2.05, 4.69) is 178 Å². The number of hydrogen-bond acceptors (Lipinski definition) is 2. The molecular formula is C51H40N2. The molecule has 0 bridgehead atoms. The summed E-state index contributed by atoms with van der Waals surface area (Å²) in [6.07, 6.45) is 1.79. The fraction of sp³-hybridized carbons (Fsp3) is 0.157. The Morgan fingerprint density at radius 1 is 0.434 bits per heavy atom. The smallest absolute Gasteiger partial charge is 0.0669 e. The molecule has 2 heteroatoms. The van der Waals surface area contributed by atoms with Crippen molar-refractivity contribution in [3.05, 3.63) is 190 Å². The summed E-state index contributed by atoms with van der Waals surface area (Å²) in [6.45, 7) is 9.52. The van der Waals surface area contributed by atoms with Gasteiger partial charge in [-0.15, -0.1) is 0 Å². The van der Waals surface area contributed by atoms with Crippen LogP contribution in [0.1, 0.15) is 72.2 Å². The number of rotatable bonds is 4. The van der Waals surface area contributed by atoms with Gasteiger partial charge in [0, 0.05) is 33.9 Å². The molecule has 2 nitrogen and oxygen atoms in total. The van der Waals surface area contributed by atoms with E-state index in [0.717, 1.165) is 24.2 Å². The first-order valence-electron chi connectivity index (χ1n) is 19.0. The third kappa shape index (κ3) is 4.18. The maximum absolute atomic E-state index is 5.06. The number of aliphatic imine (C=N–C) groups is 1. The average molecular weight is 681 g/mol. The molecule has 4 aliphatic rings. The largest absolute Gasteiger partial charge is 0.309 e. The number of benzene rings is 7. The number of hydrogen-bond donors (Lipinski definition) is 0. The van der Waals surface area contributed by atoms with Gasteiger partial charge in [0.15, 0.2) is 0 Å². The van der Waals surface area contributed by atoms with Gasteiger partial charge in [0.2, 0.25) is 0 Å². The van der Waals surface area contributed by atoms with Crippen molar-refractivity contribution in [3.8, 4) is 33.4 Å². The van der Waals surface area contributed by atoms with Crippen molar-refractivity contribution < 1.29 is 0 Å². The van der Waals surface area contributed by atoms with Gasteiger partial charge in [0.1, 0.15) is 0 Å². The summed E-state index contributed by atoms with van der Waals surface area (Å²) in [6, 6.07) is 54.6. The van der Waals surface area contributed by atoms with E-state index in [1.807, 2.05) is 0 Å². The van der Waals surface area contributed by atoms with Gasteiger partial charge >= 0.3 is 0 Å². The molecule has 0 radical (unpaired) electrons. The molecule has 0 saturated heterocycles. The molecule has 0 atom stereocenters. The first-order chi connectivity index (χ1) is 25.8. The molecule has 7 aromatic carbocycles. The van der Waals surface area contributed by atoms with E-state index in [1.54, 1.807) is 0 Å². The lowest BCUT2D eigenvalue weighted by molar-refractivity contribution is 0.660. The van der Waals surface area contributed by atoms with Crippen LogP contribution in [-0.2, 0) is 23.7 Å². The van der Waals surface area contributed by atoms with E-state index >= 15 is 0 Å². The number of para-hydroxylation sites is 1. The monoisotopic (exact) mass is 680 g/mol. The average Bonchev–Trinajstić information content (AvgIpc) is 3.90. The highest BCUT2D eigenvalue weighted by Gasteiger charge is 2.41. The third-order valence-corrected chi connectivity index (χ3v) is 12.7. The second-order valence-corrected chi connectivity index (χ2v) is 16.3. The van der Waals surface area contributed by atoms with Gasteiger partial charge in [-0.2, -0.15) is 0 Å². The van der Waals surface area contributed by atoms with E-state index < -0.39 is 0 Å². The molecule has 0 spiro atoms. The van der Waals surface area contributed by atoms with Gasteiger partial charge in [-0.25, -0.2) is 0 Å². The number of anilines is 3. The number of nitrogens with zero attached hydrogens (tertiary/aromatic N) is 2. The van der Waals surface area contributed by atoms with E-state index in [1.165, 1.54) is 95.0 Å².